The molecule has 0 unspecified atom stereocenters. The van der Waals surface area contributed by atoms with Gasteiger partial charge in [0.2, 0.25) is 5.95 Å². The minimum Gasteiger partial charge on any atom is -0.324 e. The maximum atomic E-state index is 12.7. The predicted octanol–water partition coefficient (Wildman–Crippen LogP) is 4.55. The summed E-state index contributed by atoms with van der Waals surface area (Å²) in [5.41, 5.74) is 4.16. The minimum absolute atomic E-state index is 0.00433. The number of benzene rings is 2. The summed E-state index contributed by atoms with van der Waals surface area (Å²) in [6, 6.07) is 16.4. The molecule has 6 nitrogen and oxygen atoms in total. The molecule has 3 aromatic rings. The van der Waals surface area contributed by atoms with Crippen LogP contribution in [-0.2, 0) is 6.42 Å². The Bertz CT molecular complexity index is 1010. The fraction of sp³-hybridized carbons (Fsp3) is 0.182. The zero-order chi connectivity index (χ0) is 20.1. The van der Waals surface area contributed by atoms with E-state index in [-0.39, 0.29) is 17.4 Å². The summed E-state index contributed by atoms with van der Waals surface area (Å²) in [5, 5.41) is 6.00. The number of hydrogen-bond donors (Lipinski definition) is 2. The number of hydrogen-bond acceptors (Lipinski definition) is 5. The molecule has 0 aliphatic carbocycles. The van der Waals surface area contributed by atoms with Gasteiger partial charge in [0.1, 0.15) is 5.69 Å². The number of nitrogens with zero attached hydrogens (tertiary/aromatic N) is 2. The van der Waals surface area contributed by atoms with Crippen molar-refractivity contribution in [3.8, 4) is 0 Å². The molecule has 6 heteroatoms. The average Bonchev–Trinajstić information content (AvgIpc) is 2.68. The Kier molecular flexibility index (Phi) is 5.79. The lowest BCUT2D eigenvalue weighted by Gasteiger charge is -2.11. The van der Waals surface area contributed by atoms with Crippen LogP contribution in [0.4, 0.5) is 17.3 Å². The summed E-state index contributed by atoms with van der Waals surface area (Å²) in [6.45, 7) is 5.37. The van der Waals surface area contributed by atoms with Gasteiger partial charge in [0, 0.05) is 22.6 Å². The second kappa shape index (κ2) is 8.43. The first-order valence-corrected chi connectivity index (χ1v) is 9.09. The molecule has 2 N–H and O–H groups in total. The molecule has 1 heterocycles. The highest BCUT2D eigenvalue weighted by Crippen LogP contribution is 2.18. The summed E-state index contributed by atoms with van der Waals surface area (Å²) in [6.07, 6.45) is 0.822. The Hall–Kier alpha value is -3.54. The molecule has 0 fully saturated rings. The van der Waals surface area contributed by atoms with Crippen molar-refractivity contribution >= 4 is 29.0 Å². The summed E-state index contributed by atoms with van der Waals surface area (Å²) < 4.78 is 0. The Labute approximate surface area is 164 Å². The minimum atomic E-state index is -0.290. The fourth-order valence-corrected chi connectivity index (χ4v) is 2.80. The van der Waals surface area contributed by atoms with Gasteiger partial charge < -0.3 is 10.6 Å². The second-order valence-corrected chi connectivity index (χ2v) is 6.44. The molecule has 28 heavy (non-hydrogen) atoms. The van der Waals surface area contributed by atoms with Crippen LogP contribution in [0.5, 0.6) is 0 Å². The number of aryl methyl sites for hydroxylation is 2. The zero-order valence-corrected chi connectivity index (χ0v) is 16.1. The standard InChI is InChI=1S/C22H22N4O2/c1-4-16-7-5-6-8-19(16)25-21(28)20-13-14(2)23-22(26-20)24-18-11-9-17(10-12-18)15(3)27/h5-13H,4H2,1-3H3,(H,25,28)(H,23,24,26). The van der Waals surface area contributed by atoms with E-state index < -0.39 is 0 Å². The molecule has 0 aliphatic heterocycles. The lowest BCUT2D eigenvalue weighted by atomic mass is 10.1. The third-order valence-corrected chi connectivity index (χ3v) is 4.28. The number of rotatable bonds is 6. The monoisotopic (exact) mass is 374 g/mol. The number of amides is 1. The first-order valence-electron chi connectivity index (χ1n) is 9.09. The van der Waals surface area contributed by atoms with E-state index in [9.17, 15) is 9.59 Å². The molecule has 3 rings (SSSR count). The molecule has 0 radical (unpaired) electrons. The van der Waals surface area contributed by atoms with Crippen LogP contribution in [0.3, 0.4) is 0 Å². The third-order valence-electron chi connectivity index (χ3n) is 4.28. The van der Waals surface area contributed by atoms with Crippen molar-refractivity contribution in [1.82, 2.24) is 9.97 Å². The van der Waals surface area contributed by atoms with Gasteiger partial charge in [-0.1, -0.05) is 25.1 Å². The van der Waals surface area contributed by atoms with Crippen LogP contribution in [0.1, 0.15) is 46.0 Å². The van der Waals surface area contributed by atoms with Gasteiger partial charge in [0.15, 0.2) is 5.78 Å². The number of carbonyl (C=O) groups excluding carboxylic acids is 2. The topological polar surface area (TPSA) is 84.0 Å². The van der Waals surface area contributed by atoms with Gasteiger partial charge in [0.25, 0.3) is 5.91 Å². The number of anilines is 3. The van der Waals surface area contributed by atoms with E-state index in [0.29, 0.717) is 17.2 Å². The highest BCUT2D eigenvalue weighted by Gasteiger charge is 2.13. The van der Waals surface area contributed by atoms with Gasteiger partial charge in [-0.2, -0.15) is 0 Å². The van der Waals surface area contributed by atoms with E-state index >= 15 is 0 Å². The smallest absolute Gasteiger partial charge is 0.274 e. The van der Waals surface area contributed by atoms with E-state index in [1.165, 1.54) is 6.92 Å². The van der Waals surface area contributed by atoms with Crippen molar-refractivity contribution in [2.45, 2.75) is 27.2 Å². The van der Waals surface area contributed by atoms with E-state index in [1.54, 1.807) is 30.3 Å². The van der Waals surface area contributed by atoms with Crippen molar-refractivity contribution in [3.05, 3.63) is 77.1 Å². The molecule has 1 amide bonds. The van der Waals surface area contributed by atoms with E-state index in [4.69, 9.17) is 0 Å². The molecule has 0 bridgehead atoms. The second-order valence-electron chi connectivity index (χ2n) is 6.44. The molecule has 142 valence electrons. The Morgan fingerprint density at radius 1 is 1.00 bits per heavy atom. The van der Waals surface area contributed by atoms with Gasteiger partial charge in [0.05, 0.1) is 0 Å². The van der Waals surface area contributed by atoms with E-state index in [2.05, 4.69) is 20.6 Å². The molecule has 1 aromatic heterocycles. The number of aromatic nitrogens is 2. The number of Topliss-reactive ketones (excluding diaryl/α,β-unsaturated/α-hetero) is 1. The van der Waals surface area contributed by atoms with Gasteiger partial charge in [-0.15, -0.1) is 0 Å². The van der Waals surface area contributed by atoms with Crippen molar-refractivity contribution in [1.29, 1.82) is 0 Å². The zero-order valence-electron chi connectivity index (χ0n) is 16.1. The third kappa shape index (κ3) is 4.59. The molecule has 0 saturated carbocycles. The SMILES string of the molecule is CCc1ccccc1NC(=O)c1cc(C)nc(Nc2ccc(C(C)=O)cc2)n1. The van der Waals surface area contributed by atoms with E-state index in [0.717, 1.165) is 23.4 Å². The van der Waals surface area contributed by atoms with Crippen LogP contribution >= 0.6 is 0 Å². The summed E-state index contributed by atoms with van der Waals surface area (Å²) in [4.78, 5) is 32.8. The van der Waals surface area contributed by atoms with Crippen LogP contribution in [0.15, 0.2) is 54.6 Å². The largest absolute Gasteiger partial charge is 0.324 e. The number of para-hydroxylation sites is 1. The predicted molar refractivity (Wildman–Crippen MR) is 110 cm³/mol. The van der Waals surface area contributed by atoms with Crippen molar-refractivity contribution in [2.24, 2.45) is 0 Å². The van der Waals surface area contributed by atoms with Crippen molar-refractivity contribution in [3.63, 3.8) is 0 Å². The maximum Gasteiger partial charge on any atom is 0.274 e. The van der Waals surface area contributed by atoms with Gasteiger partial charge >= 0.3 is 0 Å². The van der Waals surface area contributed by atoms with Gasteiger partial charge in [-0.3, -0.25) is 9.59 Å². The van der Waals surface area contributed by atoms with Crippen LogP contribution in [-0.4, -0.2) is 21.7 Å². The van der Waals surface area contributed by atoms with Crippen LogP contribution < -0.4 is 10.6 Å². The number of carbonyl (C=O) groups is 2. The molecular weight excluding hydrogens is 352 g/mol. The summed E-state index contributed by atoms with van der Waals surface area (Å²) >= 11 is 0. The molecule has 2 aromatic carbocycles. The van der Waals surface area contributed by atoms with Gasteiger partial charge in [-0.25, -0.2) is 9.97 Å². The van der Waals surface area contributed by atoms with Crippen LogP contribution in [0.25, 0.3) is 0 Å². The lowest BCUT2D eigenvalue weighted by Crippen LogP contribution is -2.16. The first kappa shape index (κ1) is 19.2. The maximum absolute atomic E-state index is 12.7. The number of nitrogens with one attached hydrogen (secondary N) is 2. The fourth-order valence-electron chi connectivity index (χ4n) is 2.80. The molecule has 0 saturated heterocycles. The highest BCUT2D eigenvalue weighted by atomic mass is 16.2. The Morgan fingerprint density at radius 3 is 2.39 bits per heavy atom. The van der Waals surface area contributed by atoms with Crippen molar-refractivity contribution < 1.29 is 9.59 Å². The Balaban J connectivity index is 1.80. The molecular formula is C22H22N4O2. The highest BCUT2D eigenvalue weighted by molar-refractivity contribution is 6.03. The van der Waals surface area contributed by atoms with E-state index in [1.807, 2.05) is 38.1 Å². The summed E-state index contributed by atoms with van der Waals surface area (Å²) in [5.74, 6) is 0.0375. The average molecular weight is 374 g/mol. The normalized spacial score (nSPS) is 10.4. The van der Waals surface area contributed by atoms with Crippen molar-refractivity contribution in [2.75, 3.05) is 10.6 Å². The first-order chi connectivity index (χ1) is 13.5. The number of ketones is 1. The van der Waals surface area contributed by atoms with Crippen LogP contribution in [0, 0.1) is 6.92 Å². The molecule has 0 aliphatic rings. The molecule has 0 spiro atoms. The quantitative estimate of drug-likeness (QED) is 0.619. The Morgan fingerprint density at radius 2 is 1.71 bits per heavy atom. The molecule has 0 atom stereocenters. The summed E-state index contributed by atoms with van der Waals surface area (Å²) in [7, 11) is 0. The van der Waals surface area contributed by atoms with Gasteiger partial charge in [-0.05, 0) is 62.2 Å². The van der Waals surface area contributed by atoms with Crippen LogP contribution in [0.2, 0.25) is 0 Å². The lowest BCUT2D eigenvalue weighted by molar-refractivity contribution is 0.101.